The average Bonchev–Trinajstić information content (AvgIpc) is 2.80. The molecule has 6 nitrogen and oxygen atoms in total. The molecule has 0 spiro atoms. The summed E-state index contributed by atoms with van der Waals surface area (Å²) < 4.78 is 0. The van der Waals surface area contributed by atoms with Gasteiger partial charge in [-0.15, -0.1) is 0 Å². The van der Waals surface area contributed by atoms with Gasteiger partial charge < -0.3 is 10.6 Å². The standard InChI is InChI=1S/C10H14N4O2S/c1-13(7-2-3-17-6-7)10-5-8(14(15)16)4-9(11)12-10/h4-5,7H,2-3,6H2,1H3,(H2,11,12). The zero-order valence-corrected chi connectivity index (χ0v) is 10.3. The second kappa shape index (κ2) is 4.79. The number of aromatic nitrogens is 1. The summed E-state index contributed by atoms with van der Waals surface area (Å²) in [6.07, 6.45) is 1.07. The van der Waals surface area contributed by atoms with Gasteiger partial charge in [0.1, 0.15) is 11.6 Å². The lowest BCUT2D eigenvalue weighted by atomic mass is 10.2. The lowest BCUT2D eigenvalue weighted by Gasteiger charge is -2.24. The quantitative estimate of drug-likeness (QED) is 0.650. The van der Waals surface area contributed by atoms with Crippen molar-refractivity contribution in [3.63, 3.8) is 0 Å². The molecule has 1 atom stereocenters. The highest BCUT2D eigenvalue weighted by Gasteiger charge is 2.22. The Balaban J connectivity index is 2.27. The van der Waals surface area contributed by atoms with Crippen molar-refractivity contribution in [2.75, 3.05) is 29.2 Å². The molecule has 2 rings (SSSR count). The van der Waals surface area contributed by atoms with Crippen molar-refractivity contribution in [1.82, 2.24) is 4.98 Å². The van der Waals surface area contributed by atoms with Crippen LogP contribution in [-0.2, 0) is 0 Å². The predicted octanol–water partition coefficient (Wildman–Crippen LogP) is 1.51. The van der Waals surface area contributed by atoms with Gasteiger partial charge in [-0.1, -0.05) is 0 Å². The molecule has 0 bridgehead atoms. The van der Waals surface area contributed by atoms with Gasteiger partial charge in [-0.05, 0) is 12.2 Å². The van der Waals surface area contributed by atoms with Gasteiger partial charge in [0, 0.05) is 18.8 Å². The summed E-state index contributed by atoms with van der Waals surface area (Å²) in [5.74, 6) is 2.91. The first kappa shape index (κ1) is 12.0. The van der Waals surface area contributed by atoms with Crippen molar-refractivity contribution in [2.24, 2.45) is 0 Å². The SMILES string of the molecule is CN(c1cc([N+](=O)[O-])cc(N)n1)C1CCSC1. The number of thioether (sulfide) groups is 1. The highest BCUT2D eigenvalue weighted by Crippen LogP contribution is 2.27. The molecule has 2 N–H and O–H groups in total. The van der Waals surface area contributed by atoms with Crippen molar-refractivity contribution < 1.29 is 4.92 Å². The smallest absolute Gasteiger partial charge is 0.276 e. The van der Waals surface area contributed by atoms with Crippen LogP contribution < -0.4 is 10.6 Å². The zero-order chi connectivity index (χ0) is 12.4. The molecule has 1 aliphatic heterocycles. The van der Waals surface area contributed by atoms with Crippen LogP contribution in [0.25, 0.3) is 0 Å². The summed E-state index contributed by atoms with van der Waals surface area (Å²) >= 11 is 1.89. The van der Waals surface area contributed by atoms with E-state index in [0.29, 0.717) is 11.9 Å². The molecular weight excluding hydrogens is 240 g/mol. The van der Waals surface area contributed by atoms with E-state index >= 15 is 0 Å². The molecule has 0 aliphatic carbocycles. The Morgan fingerprint density at radius 3 is 3.00 bits per heavy atom. The van der Waals surface area contributed by atoms with Crippen molar-refractivity contribution in [1.29, 1.82) is 0 Å². The van der Waals surface area contributed by atoms with Gasteiger partial charge in [0.2, 0.25) is 0 Å². The highest BCUT2D eigenvalue weighted by atomic mass is 32.2. The second-order valence-corrected chi connectivity index (χ2v) is 5.14. The first-order valence-corrected chi connectivity index (χ1v) is 6.46. The molecule has 1 aromatic rings. The molecule has 0 amide bonds. The molecule has 0 aromatic carbocycles. The van der Waals surface area contributed by atoms with Gasteiger partial charge >= 0.3 is 0 Å². The molecule has 92 valence electrons. The zero-order valence-electron chi connectivity index (χ0n) is 9.50. The van der Waals surface area contributed by atoms with E-state index in [-0.39, 0.29) is 11.5 Å². The van der Waals surface area contributed by atoms with Gasteiger partial charge in [-0.25, -0.2) is 4.98 Å². The predicted molar refractivity (Wildman–Crippen MR) is 69.4 cm³/mol. The maximum Gasteiger partial charge on any atom is 0.276 e. The van der Waals surface area contributed by atoms with E-state index in [4.69, 9.17) is 5.73 Å². The van der Waals surface area contributed by atoms with Gasteiger partial charge in [-0.2, -0.15) is 11.8 Å². The largest absolute Gasteiger partial charge is 0.383 e. The maximum absolute atomic E-state index is 10.7. The topological polar surface area (TPSA) is 85.3 Å². The molecule has 0 radical (unpaired) electrons. The third-order valence-corrected chi connectivity index (χ3v) is 3.99. The molecule has 17 heavy (non-hydrogen) atoms. The number of hydrogen-bond donors (Lipinski definition) is 1. The first-order valence-electron chi connectivity index (χ1n) is 5.30. The highest BCUT2D eigenvalue weighted by molar-refractivity contribution is 7.99. The fourth-order valence-electron chi connectivity index (χ4n) is 1.82. The summed E-state index contributed by atoms with van der Waals surface area (Å²) in [6.45, 7) is 0. The molecule has 2 heterocycles. The number of anilines is 2. The van der Waals surface area contributed by atoms with Gasteiger partial charge in [0.25, 0.3) is 5.69 Å². The van der Waals surface area contributed by atoms with Crippen LogP contribution in [-0.4, -0.2) is 34.5 Å². The summed E-state index contributed by atoms with van der Waals surface area (Å²) in [6, 6.07) is 3.13. The van der Waals surface area contributed by atoms with Crippen molar-refractivity contribution in [3.8, 4) is 0 Å². The van der Waals surface area contributed by atoms with E-state index in [1.165, 1.54) is 12.1 Å². The Hall–Kier alpha value is -1.50. The number of nitrogens with two attached hydrogens (primary N) is 1. The number of hydrogen-bond acceptors (Lipinski definition) is 6. The Kier molecular flexibility index (Phi) is 3.37. The Labute approximate surface area is 103 Å². The molecule has 1 unspecified atom stereocenters. The average molecular weight is 254 g/mol. The number of nitrogens with zero attached hydrogens (tertiary/aromatic N) is 3. The summed E-state index contributed by atoms with van der Waals surface area (Å²) in [5.41, 5.74) is 5.58. The van der Waals surface area contributed by atoms with E-state index in [0.717, 1.165) is 17.9 Å². The summed E-state index contributed by atoms with van der Waals surface area (Å²) in [7, 11) is 1.90. The lowest BCUT2D eigenvalue weighted by Crippen LogP contribution is -2.32. The summed E-state index contributed by atoms with van der Waals surface area (Å²) in [4.78, 5) is 16.4. The fourth-order valence-corrected chi connectivity index (χ4v) is 3.09. The van der Waals surface area contributed by atoms with Crippen LogP contribution in [0.15, 0.2) is 12.1 Å². The van der Waals surface area contributed by atoms with Crippen LogP contribution in [0.1, 0.15) is 6.42 Å². The molecular formula is C10H14N4O2S. The normalized spacial score (nSPS) is 19.2. The Morgan fingerprint density at radius 2 is 2.41 bits per heavy atom. The van der Waals surface area contributed by atoms with Crippen LogP contribution in [0.5, 0.6) is 0 Å². The Bertz CT molecular complexity index is 434. The number of nitro groups is 1. The van der Waals surface area contributed by atoms with Crippen LogP contribution >= 0.6 is 11.8 Å². The maximum atomic E-state index is 10.7. The van der Waals surface area contributed by atoms with Crippen molar-refractivity contribution >= 4 is 29.1 Å². The molecule has 7 heteroatoms. The monoisotopic (exact) mass is 254 g/mol. The second-order valence-electron chi connectivity index (χ2n) is 3.99. The lowest BCUT2D eigenvalue weighted by molar-refractivity contribution is -0.384. The molecule has 0 saturated carbocycles. The minimum Gasteiger partial charge on any atom is -0.383 e. The molecule has 1 fully saturated rings. The van der Waals surface area contributed by atoms with E-state index in [1.807, 2.05) is 23.7 Å². The Morgan fingerprint density at radius 1 is 1.65 bits per heavy atom. The summed E-state index contributed by atoms with van der Waals surface area (Å²) in [5, 5.41) is 10.7. The van der Waals surface area contributed by atoms with Crippen LogP contribution in [0.4, 0.5) is 17.3 Å². The fraction of sp³-hybridized carbons (Fsp3) is 0.500. The first-order chi connectivity index (χ1) is 8.08. The van der Waals surface area contributed by atoms with Crippen LogP contribution in [0.2, 0.25) is 0 Å². The molecule has 1 aliphatic rings. The molecule has 1 saturated heterocycles. The van der Waals surface area contributed by atoms with Gasteiger partial charge in [0.05, 0.1) is 17.1 Å². The number of pyridine rings is 1. The van der Waals surface area contributed by atoms with E-state index in [1.54, 1.807) is 0 Å². The van der Waals surface area contributed by atoms with Crippen molar-refractivity contribution in [3.05, 3.63) is 22.2 Å². The molecule has 1 aromatic heterocycles. The third kappa shape index (κ3) is 2.60. The van der Waals surface area contributed by atoms with Crippen LogP contribution in [0.3, 0.4) is 0 Å². The minimum absolute atomic E-state index is 0.00926. The minimum atomic E-state index is -0.446. The van der Waals surface area contributed by atoms with E-state index in [9.17, 15) is 10.1 Å². The van der Waals surface area contributed by atoms with Crippen LogP contribution in [0, 0.1) is 10.1 Å². The van der Waals surface area contributed by atoms with E-state index < -0.39 is 4.92 Å². The van der Waals surface area contributed by atoms with Gasteiger partial charge in [0.15, 0.2) is 0 Å². The van der Waals surface area contributed by atoms with Crippen molar-refractivity contribution in [2.45, 2.75) is 12.5 Å². The number of nitrogen functional groups attached to an aromatic ring is 1. The van der Waals surface area contributed by atoms with E-state index in [2.05, 4.69) is 4.98 Å². The van der Waals surface area contributed by atoms with Gasteiger partial charge in [-0.3, -0.25) is 10.1 Å². The number of rotatable bonds is 3. The third-order valence-electron chi connectivity index (χ3n) is 2.84.